The molecule has 0 atom stereocenters. The van der Waals surface area contributed by atoms with E-state index in [1.807, 2.05) is 0 Å². The van der Waals surface area contributed by atoms with Crippen LogP contribution in [0.15, 0.2) is 180 Å². The molecule has 11 rings (SSSR count). The Morgan fingerprint density at radius 1 is 0.396 bits per heavy atom. The van der Waals surface area contributed by atoms with Crippen LogP contribution in [0.1, 0.15) is 25.0 Å². The van der Waals surface area contributed by atoms with E-state index in [9.17, 15) is 0 Å². The molecule has 0 bridgehead atoms. The Labute approximate surface area is 308 Å². The minimum Gasteiger partial charge on any atom is -0.455 e. The lowest BCUT2D eigenvalue weighted by Gasteiger charge is -2.28. The van der Waals surface area contributed by atoms with Gasteiger partial charge in [-0.25, -0.2) is 0 Å². The normalized spacial score (nSPS) is 13.2. The van der Waals surface area contributed by atoms with Gasteiger partial charge in [0.15, 0.2) is 0 Å². The van der Waals surface area contributed by atoms with Crippen molar-refractivity contribution in [3.63, 3.8) is 0 Å². The third kappa shape index (κ3) is 4.45. The first-order valence-corrected chi connectivity index (χ1v) is 18.4. The van der Waals surface area contributed by atoms with Gasteiger partial charge in [-0.2, -0.15) is 0 Å². The van der Waals surface area contributed by atoms with Crippen molar-refractivity contribution < 1.29 is 4.42 Å². The number of hydrogen-bond donors (Lipinski definition) is 0. The summed E-state index contributed by atoms with van der Waals surface area (Å²) in [6, 6.07) is 64.2. The highest BCUT2D eigenvalue weighted by atomic mass is 16.3. The van der Waals surface area contributed by atoms with Gasteiger partial charge in [-0.05, 0) is 109 Å². The average molecular weight is 678 g/mol. The van der Waals surface area contributed by atoms with Crippen LogP contribution in [0.5, 0.6) is 0 Å². The third-order valence-corrected chi connectivity index (χ3v) is 11.6. The first-order valence-electron chi connectivity index (χ1n) is 18.4. The lowest BCUT2D eigenvalue weighted by atomic mass is 9.82. The quantitative estimate of drug-likeness (QED) is 0.172. The van der Waals surface area contributed by atoms with Crippen molar-refractivity contribution in [3.05, 3.63) is 187 Å². The van der Waals surface area contributed by atoms with Crippen LogP contribution in [0, 0.1) is 0 Å². The maximum atomic E-state index is 6.71. The van der Waals surface area contributed by atoms with E-state index in [1.165, 1.54) is 60.3 Å². The van der Waals surface area contributed by atoms with Crippen LogP contribution >= 0.6 is 0 Å². The molecule has 0 unspecified atom stereocenters. The standard InChI is InChI=1S/C51H35NO/c1-51(2)47-19-11-10-17-41(47)42-26-23-37(30-48(42)51)52(35-22-25-39-34(28-35)21-20-33-14-6-7-15-38(33)39)36-24-27-49-45(29-36)46-31-44(32-12-4-3-5-13-32)40-16-8-9-18-43(40)50(46)53-49/h3-31H,1-2H3. The molecule has 0 saturated heterocycles. The lowest BCUT2D eigenvalue weighted by molar-refractivity contribution is 0.660. The summed E-state index contributed by atoms with van der Waals surface area (Å²) in [5, 5.41) is 9.54. The second kappa shape index (κ2) is 11.2. The zero-order valence-corrected chi connectivity index (χ0v) is 29.6. The molecule has 1 aromatic heterocycles. The predicted molar refractivity (Wildman–Crippen MR) is 224 cm³/mol. The Morgan fingerprint density at radius 3 is 1.92 bits per heavy atom. The first-order chi connectivity index (χ1) is 26.0. The molecule has 0 radical (unpaired) electrons. The van der Waals surface area contributed by atoms with Gasteiger partial charge in [0.1, 0.15) is 11.2 Å². The summed E-state index contributed by atoms with van der Waals surface area (Å²) in [5.74, 6) is 0. The molecular weight excluding hydrogens is 643 g/mol. The van der Waals surface area contributed by atoms with Gasteiger partial charge in [0.05, 0.1) is 0 Å². The number of furan rings is 1. The van der Waals surface area contributed by atoms with Crippen LogP contribution in [0.25, 0.3) is 76.5 Å². The Bertz CT molecular complexity index is 3090. The summed E-state index contributed by atoms with van der Waals surface area (Å²) < 4.78 is 6.71. The SMILES string of the molecule is CC1(C)c2ccccc2-c2ccc(N(c3ccc4c(ccc5ccccc54)c3)c3ccc4oc5c6ccccc6c(-c6ccccc6)cc5c4c3)cc21. The van der Waals surface area contributed by atoms with Gasteiger partial charge >= 0.3 is 0 Å². The second-order valence-electron chi connectivity index (χ2n) is 14.9. The molecule has 2 nitrogen and oxygen atoms in total. The predicted octanol–water partition coefficient (Wildman–Crippen LogP) is 14.5. The van der Waals surface area contributed by atoms with E-state index in [4.69, 9.17) is 4.42 Å². The van der Waals surface area contributed by atoms with Crippen LogP contribution < -0.4 is 4.90 Å². The molecule has 2 heteroatoms. The fourth-order valence-electron chi connectivity index (χ4n) is 9.00. The van der Waals surface area contributed by atoms with Gasteiger partial charge < -0.3 is 9.32 Å². The fraction of sp³-hybridized carbons (Fsp3) is 0.0588. The summed E-state index contributed by atoms with van der Waals surface area (Å²) in [7, 11) is 0. The van der Waals surface area contributed by atoms with Gasteiger partial charge in [-0.3, -0.25) is 0 Å². The molecule has 250 valence electrons. The highest BCUT2D eigenvalue weighted by Crippen LogP contribution is 2.51. The molecule has 1 heterocycles. The van der Waals surface area contributed by atoms with Crippen molar-refractivity contribution >= 4 is 71.3 Å². The monoisotopic (exact) mass is 677 g/mol. The van der Waals surface area contributed by atoms with Crippen LogP contribution in [0.2, 0.25) is 0 Å². The Morgan fingerprint density at radius 2 is 1.04 bits per heavy atom. The number of fused-ring (bicyclic) bond motifs is 11. The maximum absolute atomic E-state index is 6.71. The second-order valence-corrected chi connectivity index (χ2v) is 14.9. The van der Waals surface area contributed by atoms with E-state index >= 15 is 0 Å². The van der Waals surface area contributed by atoms with E-state index in [2.05, 4.69) is 195 Å². The zero-order valence-electron chi connectivity index (χ0n) is 29.6. The molecule has 0 fully saturated rings. The topological polar surface area (TPSA) is 16.4 Å². The summed E-state index contributed by atoms with van der Waals surface area (Å²) in [6.07, 6.45) is 0. The largest absolute Gasteiger partial charge is 0.455 e. The number of anilines is 3. The van der Waals surface area contributed by atoms with Crippen LogP contribution in [0.4, 0.5) is 17.1 Å². The summed E-state index contributed by atoms with van der Waals surface area (Å²) >= 11 is 0. The number of nitrogens with zero attached hydrogens (tertiary/aromatic N) is 1. The Hall–Kier alpha value is -6.64. The summed E-state index contributed by atoms with van der Waals surface area (Å²) in [4.78, 5) is 2.42. The molecule has 0 spiro atoms. The number of benzene rings is 9. The van der Waals surface area contributed by atoms with Crippen LogP contribution in [-0.2, 0) is 5.41 Å². The zero-order chi connectivity index (χ0) is 35.3. The highest BCUT2D eigenvalue weighted by molar-refractivity contribution is 6.19. The van der Waals surface area contributed by atoms with E-state index in [0.717, 1.165) is 44.4 Å². The van der Waals surface area contributed by atoms with Gasteiger partial charge in [0.25, 0.3) is 0 Å². The Balaban J connectivity index is 1.16. The Kier molecular flexibility index (Phi) is 6.33. The van der Waals surface area contributed by atoms with Crippen molar-refractivity contribution in [2.45, 2.75) is 19.3 Å². The van der Waals surface area contributed by atoms with Crippen molar-refractivity contribution in [1.29, 1.82) is 0 Å². The van der Waals surface area contributed by atoms with Crippen molar-refractivity contribution in [3.8, 4) is 22.3 Å². The van der Waals surface area contributed by atoms with E-state index < -0.39 is 0 Å². The number of hydrogen-bond acceptors (Lipinski definition) is 2. The molecular formula is C51H35NO. The first kappa shape index (κ1) is 30.0. The van der Waals surface area contributed by atoms with E-state index in [0.29, 0.717) is 0 Å². The van der Waals surface area contributed by atoms with Crippen molar-refractivity contribution in [1.82, 2.24) is 0 Å². The minimum absolute atomic E-state index is 0.116. The molecule has 1 aliphatic rings. The highest BCUT2D eigenvalue weighted by Gasteiger charge is 2.35. The summed E-state index contributed by atoms with van der Waals surface area (Å²) in [6.45, 7) is 4.70. The smallest absolute Gasteiger partial charge is 0.143 e. The number of rotatable bonds is 4. The molecule has 0 saturated carbocycles. The molecule has 0 amide bonds. The van der Waals surface area contributed by atoms with E-state index in [1.54, 1.807) is 0 Å². The molecule has 0 aliphatic heterocycles. The maximum Gasteiger partial charge on any atom is 0.143 e. The van der Waals surface area contributed by atoms with Crippen LogP contribution in [-0.4, -0.2) is 0 Å². The van der Waals surface area contributed by atoms with E-state index in [-0.39, 0.29) is 5.41 Å². The lowest BCUT2D eigenvalue weighted by Crippen LogP contribution is -2.16. The minimum atomic E-state index is -0.116. The van der Waals surface area contributed by atoms with Gasteiger partial charge in [-0.1, -0.05) is 141 Å². The molecule has 0 N–H and O–H groups in total. The van der Waals surface area contributed by atoms with Crippen LogP contribution in [0.3, 0.4) is 0 Å². The van der Waals surface area contributed by atoms with Gasteiger partial charge in [-0.15, -0.1) is 0 Å². The molecule has 10 aromatic rings. The third-order valence-electron chi connectivity index (χ3n) is 11.6. The molecule has 1 aliphatic carbocycles. The van der Waals surface area contributed by atoms with Gasteiger partial charge in [0.2, 0.25) is 0 Å². The fourth-order valence-corrected chi connectivity index (χ4v) is 9.00. The van der Waals surface area contributed by atoms with Crippen molar-refractivity contribution in [2.75, 3.05) is 4.90 Å². The molecule has 53 heavy (non-hydrogen) atoms. The van der Waals surface area contributed by atoms with Gasteiger partial charge in [0, 0.05) is 38.6 Å². The van der Waals surface area contributed by atoms with Crippen molar-refractivity contribution in [2.24, 2.45) is 0 Å². The summed E-state index contributed by atoms with van der Waals surface area (Å²) in [5.41, 5.74) is 12.8. The average Bonchev–Trinajstić information content (AvgIpc) is 3.69. The molecule has 9 aromatic carbocycles.